The zero-order chi connectivity index (χ0) is 11.1. The van der Waals surface area contributed by atoms with Gasteiger partial charge in [0.25, 0.3) is 0 Å². The molecule has 1 saturated carbocycles. The summed E-state index contributed by atoms with van der Waals surface area (Å²) in [7, 11) is 0. The first-order chi connectivity index (χ1) is 7.26. The maximum absolute atomic E-state index is 9.46. The fourth-order valence-corrected chi connectivity index (χ4v) is 2.51. The third-order valence-electron chi connectivity index (χ3n) is 3.66. The Bertz CT molecular complexity index is 153. The van der Waals surface area contributed by atoms with Crippen molar-refractivity contribution in [2.45, 2.75) is 70.9 Å². The number of rotatable bonds is 6. The van der Waals surface area contributed by atoms with Crippen LogP contribution in [-0.4, -0.2) is 23.8 Å². The van der Waals surface area contributed by atoms with Gasteiger partial charge in [0.15, 0.2) is 0 Å². The van der Waals surface area contributed by atoms with Crippen molar-refractivity contribution in [2.24, 2.45) is 5.92 Å². The topological polar surface area (TPSA) is 32.3 Å². The third kappa shape index (κ3) is 4.98. The molecule has 1 aliphatic rings. The van der Waals surface area contributed by atoms with Gasteiger partial charge in [-0.15, -0.1) is 0 Å². The van der Waals surface area contributed by atoms with Crippen molar-refractivity contribution in [3.8, 4) is 0 Å². The molecule has 0 aromatic carbocycles. The zero-order valence-corrected chi connectivity index (χ0v) is 10.3. The molecule has 0 saturated heterocycles. The molecule has 0 radical (unpaired) electrons. The summed E-state index contributed by atoms with van der Waals surface area (Å²) in [5.41, 5.74) is 0. The predicted octanol–water partition coefficient (Wildman–Crippen LogP) is 2.71. The molecular formula is C13H27NO. The van der Waals surface area contributed by atoms with Gasteiger partial charge in [0, 0.05) is 12.6 Å². The Kier molecular flexibility index (Phi) is 6.26. The third-order valence-corrected chi connectivity index (χ3v) is 3.66. The zero-order valence-electron chi connectivity index (χ0n) is 10.3. The molecule has 0 aliphatic heterocycles. The van der Waals surface area contributed by atoms with Gasteiger partial charge < -0.3 is 10.4 Å². The minimum absolute atomic E-state index is 0.154. The number of aliphatic hydroxyl groups excluding tert-OH is 1. The summed E-state index contributed by atoms with van der Waals surface area (Å²) >= 11 is 0. The molecule has 2 N–H and O–H groups in total. The molecule has 0 bridgehead atoms. The highest BCUT2D eigenvalue weighted by atomic mass is 16.3. The van der Waals surface area contributed by atoms with Gasteiger partial charge in [-0.25, -0.2) is 0 Å². The van der Waals surface area contributed by atoms with E-state index in [2.05, 4.69) is 12.2 Å². The van der Waals surface area contributed by atoms with Crippen molar-refractivity contribution in [1.29, 1.82) is 0 Å². The van der Waals surface area contributed by atoms with E-state index in [0.29, 0.717) is 6.04 Å². The highest BCUT2D eigenvalue weighted by Crippen LogP contribution is 2.27. The molecular weight excluding hydrogens is 186 g/mol. The van der Waals surface area contributed by atoms with E-state index in [4.69, 9.17) is 0 Å². The minimum atomic E-state index is -0.154. The van der Waals surface area contributed by atoms with E-state index in [0.717, 1.165) is 18.9 Å². The van der Waals surface area contributed by atoms with Gasteiger partial charge in [-0.2, -0.15) is 0 Å². The summed E-state index contributed by atoms with van der Waals surface area (Å²) in [6, 6.07) is 0.666. The molecule has 0 aromatic heterocycles. The van der Waals surface area contributed by atoms with Crippen molar-refractivity contribution < 1.29 is 5.11 Å². The van der Waals surface area contributed by atoms with Crippen LogP contribution in [0.3, 0.4) is 0 Å². The molecule has 1 aliphatic carbocycles. The van der Waals surface area contributed by atoms with Crippen LogP contribution in [0.15, 0.2) is 0 Å². The highest BCUT2D eigenvalue weighted by molar-refractivity contribution is 4.77. The lowest BCUT2D eigenvalue weighted by atomic mass is 9.83. The van der Waals surface area contributed by atoms with Crippen LogP contribution in [-0.2, 0) is 0 Å². The summed E-state index contributed by atoms with van der Waals surface area (Å²) in [6.07, 6.45) is 8.82. The minimum Gasteiger partial charge on any atom is -0.392 e. The Hall–Kier alpha value is -0.0800. The number of hydrogen-bond acceptors (Lipinski definition) is 2. The lowest BCUT2D eigenvalue weighted by Gasteiger charge is -2.29. The summed E-state index contributed by atoms with van der Waals surface area (Å²) in [6.45, 7) is 5.09. The Morgan fingerprint density at radius 3 is 2.40 bits per heavy atom. The molecule has 0 spiro atoms. The van der Waals surface area contributed by atoms with Crippen molar-refractivity contribution in [2.75, 3.05) is 6.54 Å². The van der Waals surface area contributed by atoms with Crippen LogP contribution < -0.4 is 5.32 Å². The van der Waals surface area contributed by atoms with Crippen LogP contribution in [0.4, 0.5) is 0 Å². The average Bonchev–Trinajstić information content (AvgIpc) is 2.28. The maximum Gasteiger partial charge on any atom is 0.0662 e. The lowest BCUT2D eigenvalue weighted by molar-refractivity contribution is 0.155. The van der Waals surface area contributed by atoms with E-state index in [1.165, 1.54) is 38.5 Å². The molecule has 1 rings (SSSR count). The van der Waals surface area contributed by atoms with E-state index < -0.39 is 0 Å². The predicted molar refractivity (Wildman–Crippen MR) is 65.0 cm³/mol. The standard InChI is InChI=1S/C13H27NO/c1-3-5-11-6-8-12(9-7-11)14-10-13(15)4-2/h11-15H,3-10H2,1-2H3. The first kappa shape index (κ1) is 13.0. The lowest BCUT2D eigenvalue weighted by Crippen LogP contribution is -2.37. The molecule has 0 heterocycles. The normalized spacial score (nSPS) is 29.0. The van der Waals surface area contributed by atoms with Crippen LogP contribution in [0.1, 0.15) is 58.8 Å². The van der Waals surface area contributed by atoms with E-state index in [9.17, 15) is 5.11 Å². The SMILES string of the molecule is CCCC1CCC(NCC(O)CC)CC1. The number of hydrogen-bond donors (Lipinski definition) is 2. The van der Waals surface area contributed by atoms with Gasteiger partial charge in [-0.05, 0) is 38.0 Å². The van der Waals surface area contributed by atoms with E-state index in [1.54, 1.807) is 0 Å². The van der Waals surface area contributed by atoms with Crippen molar-refractivity contribution in [3.63, 3.8) is 0 Å². The summed E-state index contributed by atoms with van der Waals surface area (Å²) in [5.74, 6) is 0.976. The van der Waals surface area contributed by atoms with Crippen LogP contribution >= 0.6 is 0 Å². The molecule has 2 heteroatoms. The highest BCUT2D eigenvalue weighted by Gasteiger charge is 2.20. The Morgan fingerprint density at radius 1 is 1.20 bits per heavy atom. The fourth-order valence-electron chi connectivity index (χ4n) is 2.51. The summed E-state index contributed by atoms with van der Waals surface area (Å²) in [4.78, 5) is 0. The summed E-state index contributed by atoms with van der Waals surface area (Å²) in [5, 5.41) is 12.9. The summed E-state index contributed by atoms with van der Waals surface area (Å²) < 4.78 is 0. The van der Waals surface area contributed by atoms with Crippen LogP contribution in [0, 0.1) is 5.92 Å². The van der Waals surface area contributed by atoms with Gasteiger partial charge >= 0.3 is 0 Å². The van der Waals surface area contributed by atoms with Gasteiger partial charge in [-0.1, -0.05) is 26.7 Å². The van der Waals surface area contributed by atoms with E-state index in [1.807, 2.05) is 6.92 Å². The maximum atomic E-state index is 9.46. The molecule has 1 atom stereocenters. The van der Waals surface area contributed by atoms with Crippen molar-refractivity contribution in [3.05, 3.63) is 0 Å². The largest absolute Gasteiger partial charge is 0.392 e. The monoisotopic (exact) mass is 213 g/mol. The van der Waals surface area contributed by atoms with Crippen LogP contribution in [0.5, 0.6) is 0 Å². The second-order valence-corrected chi connectivity index (χ2v) is 4.98. The van der Waals surface area contributed by atoms with Crippen molar-refractivity contribution >= 4 is 0 Å². The van der Waals surface area contributed by atoms with Gasteiger partial charge in [0.05, 0.1) is 6.10 Å². The quantitative estimate of drug-likeness (QED) is 0.711. The molecule has 0 aromatic rings. The number of nitrogens with one attached hydrogen (secondary N) is 1. The molecule has 1 unspecified atom stereocenters. The average molecular weight is 213 g/mol. The Labute approximate surface area is 94.5 Å². The van der Waals surface area contributed by atoms with Crippen molar-refractivity contribution in [1.82, 2.24) is 5.32 Å². The van der Waals surface area contributed by atoms with Gasteiger partial charge in [0.1, 0.15) is 0 Å². The molecule has 1 fully saturated rings. The first-order valence-corrected chi connectivity index (χ1v) is 6.67. The van der Waals surface area contributed by atoms with Gasteiger partial charge in [-0.3, -0.25) is 0 Å². The molecule has 90 valence electrons. The molecule has 0 amide bonds. The van der Waals surface area contributed by atoms with Crippen LogP contribution in [0.2, 0.25) is 0 Å². The Morgan fingerprint density at radius 2 is 1.87 bits per heavy atom. The fraction of sp³-hybridized carbons (Fsp3) is 1.00. The van der Waals surface area contributed by atoms with E-state index in [-0.39, 0.29) is 6.10 Å². The second-order valence-electron chi connectivity index (χ2n) is 4.98. The van der Waals surface area contributed by atoms with E-state index >= 15 is 0 Å². The van der Waals surface area contributed by atoms with Crippen LogP contribution in [0.25, 0.3) is 0 Å². The molecule has 15 heavy (non-hydrogen) atoms. The van der Waals surface area contributed by atoms with Gasteiger partial charge in [0.2, 0.25) is 0 Å². The molecule has 2 nitrogen and oxygen atoms in total. The first-order valence-electron chi connectivity index (χ1n) is 6.67. The smallest absolute Gasteiger partial charge is 0.0662 e. The number of aliphatic hydroxyl groups is 1. The second kappa shape index (κ2) is 7.24. The Balaban J connectivity index is 2.09.